The monoisotopic (exact) mass is 580 g/mol. The molecule has 10 heteroatoms. The first-order valence-corrected chi connectivity index (χ1v) is 13.3. The lowest BCUT2D eigenvalue weighted by Crippen LogP contribution is -2.39. The number of carbonyl (C=O) groups is 1. The molecule has 1 heterocycles. The Hall–Kier alpha value is -3.40. The molecule has 1 aliphatic heterocycles. The van der Waals surface area contributed by atoms with Gasteiger partial charge in [-0.2, -0.15) is 26.3 Å². The molecular weight excluding hydrogens is 549 g/mol. The minimum atomic E-state index is -4.52. The van der Waals surface area contributed by atoms with E-state index >= 15 is 0 Å². The summed E-state index contributed by atoms with van der Waals surface area (Å²) in [5.41, 5.74) is -0.0917. The average Bonchev–Trinajstić information content (AvgIpc) is 3.29. The Bertz CT molecular complexity index is 1320. The van der Waals surface area contributed by atoms with E-state index in [9.17, 15) is 35.5 Å². The first-order chi connectivity index (χ1) is 19.2. The van der Waals surface area contributed by atoms with Crippen molar-refractivity contribution in [1.29, 1.82) is 0 Å². The van der Waals surface area contributed by atoms with E-state index in [0.717, 1.165) is 24.3 Å². The van der Waals surface area contributed by atoms with Crippen LogP contribution in [0.2, 0.25) is 0 Å². The maximum atomic E-state index is 13.5. The van der Waals surface area contributed by atoms with Gasteiger partial charge in [0.1, 0.15) is 5.82 Å². The number of likely N-dealkylation sites (tertiary alicyclic amines) is 1. The molecule has 3 aromatic carbocycles. The first kappa shape index (κ1) is 30.6. The highest BCUT2D eigenvalue weighted by Gasteiger charge is 2.38. The molecule has 0 unspecified atom stereocenters. The van der Waals surface area contributed by atoms with Crippen LogP contribution in [0, 0.1) is 17.7 Å². The second-order valence-corrected chi connectivity index (χ2v) is 11.0. The Labute approximate surface area is 234 Å². The molecule has 0 N–H and O–H groups in total. The van der Waals surface area contributed by atoms with Crippen LogP contribution in [0.5, 0.6) is 0 Å². The van der Waals surface area contributed by atoms with Crippen molar-refractivity contribution in [2.45, 2.75) is 38.7 Å². The van der Waals surface area contributed by atoms with Crippen LogP contribution in [0.25, 0.3) is 0 Å². The van der Waals surface area contributed by atoms with Crippen molar-refractivity contribution in [3.05, 3.63) is 106 Å². The van der Waals surface area contributed by atoms with Crippen LogP contribution in [-0.2, 0) is 18.9 Å². The van der Waals surface area contributed by atoms with Crippen molar-refractivity contribution in [2.75, 3.05) is 26.2 Å². The number of benzene rings is 3. The van der Waals surface area contributed by atoms with Crippen LogP contribution in [0.4, 0.5) is 30.7 Å². The Morgan fingerprint density at radius 3 is 2.10 bits per heavy atom. The van der Waals surface area contributed by atoms with E-state index < -0.39 is 29.3 Å². The van der Waals surface area contributed by atoms with Crippen LogP contribution >= 0.6 is 0 Å². The number of rotatable bonds is 8. The third kappa shape index (κ3) is 7.87. The van der Waals surface area contributed by atoms with Gasteiger partial charge < -0.3 is 4.90 Å². The van der Waals surface area contributed by atoms with Crippen molar-refractivity contribution in [3.8, 4) is 0 Å². The van der Waals surface area contributed by atoms with Gasteiger partial charge in [0.25, 0.3) is 5.91 Å². The molecule has 0 spiro atoms. The topological polar surface area (TPSA) is 23.6 Å². The fourth-order valence-corrected chi connectivity index (χ4v) is 5.39. The van der Waals surface area contributed by atoms with Crippen LogP contribution in [0.3, 0.4) is 0 Å². The van der Waals surface area contributed by atoms with E-state index in [4.69, 9.17) is 0 Å². The van der Waals surface area contributed by atoms with Gasteiger partial charge in [-0.3, -0.25) is 9.69 Å². The molecule has 0 bridgehead atoms. The summed E-state index contributed by atoms with van der Waals surface area (Å²) in [5.74, 6) is -1.30. The largest absolute Gasteiger partial charge is 0.416 e. The summed E-state index contributed by atoms with van der Waals surface area (Å²) in [4.78, 5) is 17.1. The number of halogens is 7. The normalized spacial score (nSPS) is 18.2. The molecule has 1 amide bonds. The lowest BCUT2D eigenvalue weighted by molar-refractivity contribution is -0.138. The maximum Gasteiger partial charge on any atom is 0.416 e. The lowest BCUT2D eigenvalue weighted by Gasteiger charge is -2.30. The fourth-order valence-electron chi connectivity index (χ4n) is 5.39. The minimum absolute atomic E-state index is 0.0936. The predicted octanol–water partition coefficient (Wildman–Crippen LogP) is 7.88. The minimum Gasteiger partial charge on any atom is -0.338 e. The molecule has 1 fully saturated rings. The van der Waals surface area contributed by atoms with E-state index in [1.807, 2.05) is 18.7 Å². The Morgan fingerprint density at radius 2 is 1.51 bits per heavy atom. The van der Waals surface area contributed by atoms with Gasteiger partial charge in [0.2, 0.25) is 0 Å². The van der Waals surface area contributed by atoms with E-state index in [1.165, 1.54) is 42.5 Å². The van der Waals surface area contributed by atoms with Crippen LogP contribution in [0.1, 0.15) is 52.4 Å². The van der Waals surface area contributed by atoms with Gasteiger partial charge in [0.05, 0.1) is 11.1 Å². The Morgan fingerprint density at radius 1 is 0.878 bits per heavy atom. The molecule has 1 aliphatic rings. The quantitative estimate of drug-likeness (QED) is 0.253. The molecule has 1 saturated heterocycles. The van der Waals surface area contributed by atoms with Gasteiger partial charge >= 0.3 is 12.4 Å². The molecule has 4 rings (SSSR count). The molecule has 0 aliphatic carbocycles. The lowest BCUT2D eigenvalue weighted by atomic mass is 9.87. The molecule has 41 heavy (non-hydrogen) atoms. The third-order valence-electron chi connectivity index (χ3n) is 7.27. The molecule has 3 nitrogen and oxygen atoms in total. The second kappa shape index (κ2) is 12.2. The van der Waals surface area contributed by atoms with Crippen LogP contribution in [0.15, 0.2) is 72.8 Å². The molecule has 0 saturated carbocycles. The van der Waals surface area contributed by atoms with Gasteiger partial charge in [-0.1, -0.05) is 44.2 Å². The standard InChI is InChI=1S/C31H31F7N2O/c1-20(2)15-40(29(41)22-8-12-27(32)13-9-22)18-24-17-39(16-21-6-10-25(11-7-21)30(33,34)35)19-28(24)23-4-3-5-26(14-23)31(36,37)38/h3-14,20,24,28H,15-19H2,1-2H3/t24-,28-/m0/s1. The SMILES string of the molecule is CC(C)CN(C[C@@H]1CN(Cc2ccc(C(F)(F)F)cc2)C[C@H]1c1cccc(C(F)(F)F)c1)C(=O)c1ccc(F)cc1. The van der Waals surface area contributed by atoms with Crippen molar-refractivity contribution in [3.63, 3.8) is 0 Å². The zero-order chi connectivity index (χ0) is 29.9. The Kier molecular flexibility index (Phi) is 9.11. The number of hydrogen-bond donors (Lipinski definition) is 0. The van der Waals surface area contributed by atoms with E-state index in [2.05, 4.69) is 0 Å². The second-order valence-electron chi connectivity index (χ2n) is 11.0. The highest BCUT2D eigenvalue weighted by atomic mass is 19.4. The molecule has 3 aromatic rings. The highest BCUT2D eigenvalue weighted by molar-refractivity contribution is 5.94. The molecular formula is C31H31F7N2O. The summed E-state index contributed by atoms with van der Waals surface area (Å²) < 4.78 is 93.1. The van der Waals surface area contributed by atoms with E-state index in [0.29, 0.717) is 42.9 Å². The summed E-state index contributed by atoms with van der Waals surface area (Å²) in [6, 6.07) is 15.2. The van der Waals surface area contributed by atoms with Crippen LogP contribution < -0.4 is 0 Å². The first-order valence-electron chi connectivity index (χ1n) is 13.3. The third-order valence-corrected chi connectivity index (χ3v) is 7.27. The zero-order valence-corrected chi connectivity index (χ0v) is 22.6. The van der Waals surface area contributed by atoms with Gasteiger partial charge in [-0.25, -0.2) is 4.39 Å². The summed E-state index contributed by atoms with van der Waals surface area (Å²) >= 11 is 0. The van der Waals surface area contributed by atoms with Gasteiger partial charge in [0, 0.05) is 44.2 Å². The van der Waals surface area contributed by atoms with E-state index in [-0.39, 0.29) is 30.2 Å². The molecule has 0 radical (unpaired) electrons. The summed E-state index contributed by atoms with van der Waals surface area (Å²) in [7, 11) is 0. The molecule has 0 aromatic heterocycles. The maximum absolute atomic E-state index is 13.5. The highest BCUT2D eigenvalue weighted by Crippen LogP contribution is 2.38. The van der Waals surface area contributed by atoms with E-state index in [1.54, 1.807) is 11.0 Å². The van der Waals surface area contributed by atoms with Crippen LogP contribution in [-0.4, -0.2) is 41.9 Å². The molecule has 2 atom stereocenters. The summed E-state index contributed by atoms with van der Waals surface area (Å²) in [6.07, 6.45) is -8.98. The number of hydrogen-bond acceptors (Lipinski definition) is 2. The smallest absolute Gasteiger partial charge is 0.338 e. The van der Waals surface area contributed by atoms with Crippen molar-refractivity contribution in [2.24, 2.45) is 11.8 Å². The average molecular weight is 581 g/mol. The summed E-state index contributed by atoms with van der Waals surface area (Å²) in [6.45, 7) is 5.63. The number of alkyl halides is 6. The van der Waals surface area contributed by atoms with Gasteiger partial charge in [0.15, 0.2) is 0 Å². The van der Waals surface area contributed by atoms with Gasteiger partial charge in [-0.15, -0.1) is 0 Å². The molecule has 220 valence electrons. The Balaban J connectivity index is 1.62. The van der Waals surface area contributed by atoms with Crippen molar-refractivity contribution >= 4 is 5.91 Å². The number of carbonyl (C=O) groups excluding carboxylic acids is 1. The number of amides is 1. The predicted molar refractivity (Wildman–Crippen MR) is 142 cm³/mol. The summed E-state index contributed by atoms with van der Waals surface area (Å²) in [5, 5.41) is 0. The zero-order valence-electron chi connectivity index (χ0n) is 22.6. The van der Waals surface area contributed by atoms with Crippen molar-refractivity contribution in [1.82, 2.24) is 9.80 Å². The fraction of sp³-hybridized carbons (Fsp3) is 0.387. The number of nitrogens with zero attached hydrogens (tertiary/aromatic N) is 2. The van der Waals surface area contributed by atoms with Crippen molar-refractivity contribution < 1.29 is 35.5 Å². The van der Waals surface area contributed by atoms with Gasteiger partial charge in [-0.05, 0) is 65.4 Å².